The van der Waals surface area contributed by atoms with E-state index in [4.69, 9.17) is 5.73 Å². The van der Waals surface area contributed by atoms with E-state index in [-0.39, 0.29) is 5.91 Å². The molecule has 0 bridgehead atoms. The van der Waals surface area contributed by atoms with Gasteiger partial charge in [-0.25, -0.2) is 0 Å². The molecule has 0 aromatic heterocycles. The van der Waals surface area contributed by atoms with Gasteiger partial charge >= 0.3 is 0 Å². The number of rotatable bonds is 4. The van der Waals surface area contributed by atoms with Crippen molar-refractivity contribution >= 4 is 43.7 Å². The number of primary amides is 1. The van der Waals surface area contributed by atoms with Crippen LogP contribution in [-0.2, 0) is 4.79 Å². The Morgan fingerprint density at radius 1 is 1.29 bits per heavy atom. The normalized spacial score (nSPS) is 11.9. The molecule has 1 atom stereocenters. The predicted octanol–water partition coefficient (Wildman–Crippen LogP) is 2.21. The lowest BCUT2D eigenvalue weighted by molar-refractivity contribution is -0.119. The van der Waals surface area contributed by atoms with Crippen LogP contribution in [-0.4, -0.2) is 17.9 Å². The number of hydrogen-bond acceptors (Lipinski definition) is 2. The molecule has 0 spiro atoms. The second kappa shape index (κ2) is 6.16. The monoisotopic (exact) mass is 362 g/mol. The fraction of sp³-hybridized carbons (Fsp3) is 0.273. The minimum absolute atomic E-state index is 0.322. The molecule has 0 radical (unpaired) electrons. The first-order valence-corrected chi connectivity index (χ1v) is 6.59. The van der Waals surface area contributed by atoms with Crippen LogP contribution in [0.1, 0.15) is 23.7 Å². The van der Waals surface area contributed by atoms with Crippen LogP contribution in [0.4, 0.5) is 0 Å². The number of hydrogen-bond donors (Lipinski definition) is 2. The highest BCUT2D eigenvalue weighted by molar-refractivity contribution is 9.11. The van der Waals surface area contributed by atoms with Crippen LogP contribution < -0.4 is 11.1 Å². The van der Waals surface area contributed by atoms with Crippen molar-refractivity contribution in [2.45, 2.75) is 19.4 Å². The van der Waals surface area contributed by atoms with Crippen molar-refractivity contribution in [1.29, 1.82) is 0 Å². The van der Waals surface area contributed by atoms with E-state index in [1.807, 2.05) is 6.07 Å². The van der Waals surface area contributed by atoms with Crippen molar-refractivity contribution in [3.8, 4) is 0 Å². The fourth-order valence-electron chi connectivity index (χ4n) is 1.30. The standard InChI is InChI=1S/C11H12Br2N2O2/c1-2-9(10(14)16)15-11(17)6-3-7(12)5-8(13)4-6/h3-5,9H,2H2,1H3,(H2,14,16)(H,15,17)/t9-/m0/s1. The number of carbonyl (C=O) groups is 2. The Balaban J connectivity index is 2.86. The smallest absolute Gasteiger partial charge is 0.252 e. The van der Waals surface area contributed by atoms with Crippen LogP contribution >= 0.6 is 31.9 Å². The lowest BCUT2D eigenvalue weighted by atomic mass is 10.1. The van der Waals surface area contributed by atoms with Crippen LogP contribution in [0, 0.1) is 0 Å². The summed E-state index contributed by atoms with van der Waals surface area (Å²) in [5.41, 5.74) is 5.63. The lowest BCUT2D eigenvalue weighted by Crippen LogP contribution is -2.43. The maximum Gasteiger partial charge on any atom is 0.252 e. The summed E-state index contributed by atoms with van der Waals surface area (Å²) in [6.45, 7) is 1.78. The first-order valence-electron chi connectivity index (χ1n) is 5.00. The second-order valence-electron chi connectivity index (χ2n) is 3.49. The van der Waals surface area contributed by atoms with Gasteiger partial charge in [0.05, 0.1) is 0 Å². The molecule has 0 aliphatic rings. The van der Waals surface area contributed by atoms with E-state index in [0.29, 0.717) is 12.0 Å². The number of carbonyl (C=O) groups excluding carboxylic acids is 2. The van der Waals surface area contributed by atoms with Gasteiger partial charge in [-0.1, -0.05) is 38.8 Å². The summed E-state index contributed by atoms with van der Waals surface area (Å²) < 4.78 is 1.56. The van der Waals surface area contributed by atoms with E-state index < -0.39 is 11.9 Å². The Labute approximate surface area is 116 Å². The first kappa shape index (κ1) is 14.2. The summed E-state index contributed by atoms with van der Waals surface area (Å²) in [5.74, 6) is -0.854. The molecule has 17 heavy (non-hydrogen) atoms. The van der Waals surface area contributed by atoms with Gasteiger partial charge in [-0.2, -0.15) is 0 Å². The van der Waals surface area contributed by atoms with Crippen molar-refractivity contribution in [3.05, 3.63) is 32.7 Å². The lowest BCUT2D eigenvalue weighted by Gasteiger charge is -2.13. The molecule has 3 N–H and O–H groups in total. The van der Waals surface area contributed by atoms with Gasteiger partial charge in [-0.3, -0.25) is 9.59 Å². The Bertz CT molecular complexity index is 429. The average molecular weight is 364 g/mol. The number of nitrogens with one attached hydrogen (secondary N) is 1. The van der Waals surface area contributed by atoms with Crippen LogP contribution in [0.5, 0.6) is 0 Å². The zero-order chi connectivity index (χ0) is 13.0. The molecule has 0 unspecified atom stereocenters. The zero-order valence-corrected chi connectivity index (χ0v) is 12.3. The van der Waals surface area contributed by atoms with Gasteiger partial charge in [0.25, 0.3) is 5.91 Å². The molecule has 1 aromatic carbocycles. The maximum atomic E-state index is 11.9. The number of amides is 2. The molecule has 2 amide bonds. The number of halogens is 2. The minimum atomic E-state index is -0.639. The van der Waals surface area contributed by atoms with E-state index in [2.05, 4.69) is 37.2 Å². The van der Waals surface area contributed by atoms with Crippen molar-refractivity contribution in [3.63, 3.8) is 0 Å². The highest BCUT2D eigenvalue weighted by Gasteiger charge is 2.17. The molecular weight excluding hydrogens is 352 g/mol. The van der Waals surface area contributed by atoms with E-state index in [9.17, 15) is 9.59 Å². The summed E-state index contributed by atoms with van der Waals surface area (Å²) in [6, 6.07) is 4.53. The Kier molecular flexibility index (Phi) is 5.14. The largest absolute Gasteiger partial charge is 0.368 e. The van der Waals surface area contributed by atoms with Gasteiger partial charge in [0.15, 0.2) is 0 Å². The average Bonchev–Trinajstić information content (AvgIpc) is 2.23. The molecule has 0 saturated heterocycles. The molecule has 0 heterocycles. The van der Waals surface area contributed by atoms with Crippen molar-refractivity contribution < 1.29 is 9.59 Å². The van der Waals surface area contributed by atoms with Gasteiger partial charge in [0.1, 0.15) is 6.04 Å². The van der Waals surface area contributed by atoms with E-state index >= 15 is 0 Å². The molecule has 4 nitrogen and oxygen atoms in total. The topological polar surface area (TPSA) is 72.2 Å². The molecule has 92 valence electrons. The van der Waals surface area contributed by atoms with Gasteiger partial charge in [0, 0.05) is 14.5 Å². The Hall–Kier alpha value is -0.880. The molecule has 0 aliphatic heterocycles. The summed E-state index contributed by atoms with van der Waals surface area (Å²) in [4.78, 5) is 22.9. The molecule has 1 rings (SSSR count). The van der Waals surface area contributed by atoms with Crippen molar-refractivity contribution in [2.24, 2.45) is 5.73 Å². The van der Waals surface area contributed by atoms with Crippen LogP contribution in [0.15, 0.2) is 27.1 Å². The van der Waals surface area contributed by atoms with Crippen LogP contribution in [0.3, 0.4) is 0 Å². The molecule has 6 heteroatoms. The predicted molar refractivity (Wildman–Crippen MR) is 72.6 cm³/mol. The quantitative estimate of drug-likeness (QED) is 0.860. The summed E-state index contributed by atoms with van der Waals surface area (Å²) >= 11 is 6.58. The summed E-state index contributed by atoms with van der Waals surface area (Å²) in [6.07, 6.45) is 0.468. The molecule has 1 aromatic rings. The molecule has 0 fully saturated rings. The highest BCUT2D eigenvalue weighted by Crippen LogP contribution is 2.20. The SMILES string of the molecule is CC[C@H](NC(=O)c1cc(Br)cc(Br)c1)C(N)=O. The highest BCUT2D eigenvalue weighted by atomic mass is 79.9. The summed E-state index contributed by atoms with van der Waals surface area (Å²) in [5, 5.41) is 2.58. The molecule has 0 aliphatic carbocycles. The van der Waals surface area contributed by atoms with Gasteiger partial charge in [0.2, 0.25) is 5.91 Å². The third kappa shape index (κ3) is 4.12. The molecule has 0 saturated carbocycles. The van der Waals surface area contributed by atoms with Crippen molar-refractivity contribution in [2.75, 3.05) is 0 Å². The fourth-order valence-corrected chi connectivity index (χ4v) is 2.59. The summed E-state index contributed by atoms with van der Waals surface area (Å²) in [7, 11) is 0. The van der Waals surface area contributed by atoms with Gasteiger partial charge in [-0.05, 0) is 24.6 Å². The minimum Gasteiger partial charge on any atom is -0.368 e. The third-order valence-electron chi connectivity index (χ3n) is 2.18. The molecular formula is C11H12Br2N2O2. The number of benzene rings is 1. The van der Waals surface area contributed by atoms with E-state index in [0.717, 1.165) is 8.95 Å². The zero-order valence-electron chi connectivity index (χ0n) is 9.17. The van der Waals surface area contributed by atoms with E-state index in [1.54, 1.807) is 19.1 Å². The van der Waals surface area contributed by atoms with Crippen LogP contribution in [0.2, 0.25) is 0 Å². The van der Waals surface area contributed by atoms with Crippen LogP contribution in [0.25, 0.3) is 0 Å². The Morgan fingerprint density at radius 2 is 1.82 bits per heavy atom. The number of nitrogens with two attached hydrogens (primary N) is 1. The van der Waals surface area contributed by atoms with E-state index in [1.165, 1.54) is 0 Å². The van der Waals surface area contributed by atoms with Crippen molar-refractivity contribution in [1.82, 2.24) is 5.32 Å². The van der Waals surface area contributed by atoms with Gasteiger partial charge < -0.3 is 11.1 Å². The Morgan fingerprint density at radius 3 is 2.24 bits per heavy atom. The van der Waals surface area contributed by atoms with Gasteiger partial charge in [-0.15, -0.1) is 0 Å². The second-order valence-corrected chi connectivity index (χ2v) is 5.33. The maximum absolute atomic E-state index is 11.9. The first-order chi connectivity index (χ1) is 7.93. The third-order valence-corrected chi connectivity index (χ3v) is 3.10.